The molecule has 7 heteroatoms. The highest BCUT2D eigenvalue weighted by Gasteiger charge is 2.25. The SMILES string of the molecule is COc1ccnc(Nc2cc(C3CCCNC3)nc(N3CCCC3C)n2)c1. The molecule has 2 aromatic rings. The van der Waals surface area contributed by atoms with Gasteiger partial charge in [-0.3, -0.25) is 0 Å². The first kappa shape index (κ1) is 18.0. The van der Waals surface area contributed by atoms with E-state index in [1.165, 1.54) is 19.3 Å². The number of methoxy groups -OCH3 is 1. The summed E-state index contributed by atoms with van der Waals surface area (Å²) in [5, 5.41) is 6.84. The van der Waals surface area contributed by atoms with Crippen molar-refractivity contribution in [3.05, 3.63) is 30.1 Å². The number of hydrogen-bond acceptors (Lipinski definition) is 7. The first-order valence-corrected chi connectivity index (χ1v) is 9.86. The van der Waals surface area contributed by atoms with Gasteiger partial charge in [0, 0.05) is 43.4 Å². The van der Waals surface area contributed by atoms with E-state index in [2.05, 4.69) is 33.5 Å². The Labute approximate surface area is 160 Å². The quantitative estimate of drug-likeness (QED) is 0.840. The molecule has 2 fully saturated rings. The summed E-state index contributed by atoms with van der Waals surface area (Å²) in [4.78, 5) is 16.5. The molecule has 2 N–H and O–H groups in total. The highest BCUT2D eigenvalue weighted by molar-refractivity contribution is 5.56. The maximum atomic E-state index is 5.30. The Morgan fingerprint density at radius 3 is 2.85 bits per heavy atom. The number of nitrogens with zero attached hydrogens (tertiary/aromatic N) is 4. The standard InChI is InChI=1S/C20H28N6O/c1-14-5-4-10-26(14)20-23-17(15-6-3-8-21-13-15)12-19(25-20)24-18-11-16(27-2)7-9-22-18/h7,9,11-12,14-15,21H,3-6,8,10,13H2,1-2H3,(H,22,23,24,25). The van der Waals surface area contributed by atoms with Crippen LogP contribution in [0.3, 0.4) is 0 Å². The van der Waals surface area contributed by atoms with Gasteiger partial charge in [0.1, 0.15) is 17.4 Å². The van der Waals surface area contributed by atoms with Crippen LogP contribution in [-0.2, 0) is 0 Å². The van der Waals surface area contributed by atoms with Crippen LogP contribution < -0.4 is 20.3 Å². The minimum atomic E-state index is 0.428. The Morgan fingerprint density at radius 1 is 1.19 bits per heavy atom. The van der Waals surface area contributed by atoms with Crippen molar-refractivity contribution in [1.29, 1.82) is 0 Å². The lowest BCUT2D eigenvalue weighted by Gasteiger charge is -2.26. The van der Waals surface area contributed by atoms with Gasteiger partial charge in [-0.05, 0) is 45.2 Å². The molecule has 0 aromatic carbocycles. The van der Waals surface area contributed by atoms with Gasteiger partial charge in [-0.25, -0.2) is 9.97 Å². The van der Waals surface area contributed by atoms with Gasteiger partial charge >= 0.3 is 0 Å². The maximum Gasteiger partial charge on any atom is 0.227 e. The topological polar surface area (TPSA) is 75.2 Å². The molecular weight excluding hydrogens is 340 g/mol. The van der Waals surface area contributed by atoms with Crippen LogP contribution >= 0.6 is 0 Å². The second kappa shape index (κ2) is 8.08. The van der Waals surface area contributed by atoms with E-state index < -0.39 is 0 Å². The number of ether oxygens (including phenoxy) is 1. The summed E-state index contributed by atoms with van der Waals surface area (Å²) in [5.74, 6) is 3.54. The highest BCUT2D eigenvalue weighted by Crippen LogP contribution is 2.29. The largest absolute Gasteiger partial charge is 0.497 e. The van der Waals surface area contributed by atoms with Crippen LogP contribution in [0, 0.1) is 0 Å². The first-order chi connectivity index (χ1) is 13.2. The Hall–Kier alpha value is -2.41. The van der Waals surface area contributed by atoms with E-state index in [-0.39, 0.29) is 0 Å². The third kappa shape index (κ3) is 4.13. The van der Waals surface area contributed by atoms with Crippen molar-refractivity contribution < 1.29 is 4.74 Å². The molecule has 0 amide bonds. The van der Waals surface area contributed by atoms with Crippen LogP contribution in [0.2, 0.25) is 0 Å². The van der Waals surface area contributed by atoms with Gasteiger partial charge < -0.3 is 20.3 Å². The molecule has 144 valence electrons. The van der Waals surface area contributed by atoms with Gasteiger partial charge in [0.05, 0.1) is 12.8 Å². The van der Waals surface area contributed by atoms with Gasteiger partial charge in [0.15, 0.2) is 0 Å². The first-order valence-electron chi connectivity index (χ1n) is 9.86. The van der Waals surface area contributed by atoms with Gasteiger partial charge in [0.25, 0.3) is 0 Å². The molecule has 0 spiro atoms. The fourth-order valence-electron chi connectivity index (χ4n) is 3.93. The lowest BCUT2D eigenvalue weighted by molar-refractivity contribution is 0.414. The average Bonchev–Trinajstić information content (AvgIpc) is 3.14. The van der Waals surface area contributed by atoms with Gasteiger partial charge in [-0.15, -0.1) is 0 Å². The number of pyridine rings is 1. The minimum Gasteiger partial charge on any atom is -0.497 e. The zero-order chi connectivity index (χ0) is 18.6. The molecular formula is C20H28N6O. The molecule has 27 heavy (non-hydrogen) atoms. The molecule has 0 bridgehead atoms. The smallest absolute Gasteiger partial charge is 0.227 e. The Balaban J connectivity index is 1.66. The molecule has 2 unspecified atom stereocenters. The monoisotopic (exact) mass is 368 g/mol. The van der Waals surface area contributed by atoms with Crippen molar-refractivity contribution in [2.75, 3.05) is 37.0 Å². The fraction of sp³-hybridized carbons (Fsp3) is 0.550. The molecule has 2 aliphatic rings. The molecule has 4 heterocycles. The summed E-state index contributed by atoms with van der Waals surface area (Å²) >= 11 is 0. The third-order valence-corrected chi connectivity index (χ3v) is 5.48. The number of aromatic nitrogens is 3. The lowest BCUT2D eigenvalue weighted by Crippen LogP contribution is -2.31. The molecule has 2 atom stereocenters. The lowest BCUT2D eigenvalue weighted by atomic mass is 9.96. The second-order valence-electron chi connectivity index (χ2n) is 7.41. The summed E-state index contributed by atoms with van der Waals surface area (Å²) in [5.41, 5.74) is 1.11. The number of piperidine rings is 1. The summed E-state index contributed by atoms with van der Waals surface area (Å²) in [6.45, 7) is 5.34. The Kier molecular flexibility index (Phi) is 5.38. The van der Waals surface area contributed by atoms with E-state index in [1.54, 1.807) is 13.3 Å². The van der Waals surface area contributed by atoms with Crippen molar-refractivity contribution in [2.45, 2.75) is 44.6 Å². The van der Waals surface area contributed by atoms with Gasteiger partial charge in [0.2, 0.25) is 5.95 Å². The average molecular weight is 368 g/mol. The van der Waals surface area contributed by atoms with E-state index in [4.69, 9.17) is 14.7 Å². The van der Waals surface area contributed by atoms with Crippen molar-refractivity contribution >= 4 is 17.6 Å². The number of nitrogens with one attached hydrogen (secondary N) is 2. The minimum absolute atomic E-state index is 0.428. The van der Waals surface area contributed by atoms with Crippen LogP contribution in [0.15, 0.2) is 24.4 Å². The molecule has 7 nitrogen and oxygen atoms in total. The van der Waals surface area contributed by atoms with Gasteiger partial charge in [-0.2, -0.15) is 4.98 Å². The zero-order valence-corrected chi connectivity index (χ0v) is 16.1. The normalized spacial score (nSPS) is 22.7. The zero-order valence-electron chi connectivity index (χ0n) is 16.1. The van der Waals surface area contributed by atoms with Crippen LogP contribution in [0.25, 0.3) is 0 Å². The van der Waals surface area contributed by atoms with E-state index in [1.807, 2.05) is 12.1 Å². The van der Waals surface area contributed by atoms with Crippen molar-refractivity contribution in [2.24, 2.45) is 0 Å². The molecule has 2 saturated heterocycles. The summed E-state index contributed by atoms with van der Waals surface area (Å²) in [6, 6.07) is 6.26. The predicted molar refractivity (Wildman–Crippen MR) is 107 cm³/mol. The molecule has 0 radical (unpaired) electrons. The summed E-state index contributed by atoms with van der Waals surface area (Å²) < 4.78 is 5.30. The Morgan fingerprint density at radius 2 is 2.11 bits per heavy atom. The fourth-order valence-corrected chi connectivity index (χ4v) is 3.93. The van der Waals surface area contributed by atoms with E-state index in [0.29, 0.717) is 12.0 Å². The van der Waals surface area contributed by atoms with Crippen molar-refractivity contribution in [1.82, 2.24) is 20.3 Å². The van der Waals surface area contributed by atoms with Crippen LogP contribution in [0.4, 0.5) is 17.6 Å². The second-order valence-corrected chi connectivity index (χ2v) is 7.41. The van der Waals surface area contributed by atoms with Crippen LogP contribution in [0.5, 0.6) is 5.75 Å². The molecule has 4 rings (SSSR count). The van der Waals surface area contributed by atoms with Crippen molar-refractivity contribution in [3.8, 4) is 5.75 Å². The molecule has 2 aliphatic heterocycles. The number of hydrogen-bond donors (Lipinski definition) is 2. The Bertz CT molecular complexity index is 777. The summed E-state index contributed by atoms with van der Waals surface area (Å²) in [6.07, 6.45) is 6.47. The van der Waals surface area contributed by atoms with E-state index in [0.717, 1.165) is 55.1 Å². The molecule has 0 saturated carbocycles. The van der Waals surface area contributed by atoms with E-state index in [9.17, 15) is 0 Å². The van der Waals surface area contributed by atoms with Gasteiger partial charge in [-0.1, -0.05) is 0 Å². The predicted octanol–water partition coefficient (Wildman–Crippen LogP) is 3.08. The number of anilines is 3. The molecule has 2 aromatic heterocycles. The van der Waals surface area contributed by atoms with Crippen molar-refractivity contribution in [3.63, 3.8) is 0 Å². The highest BCUT2D eigenvalue weighted by atomic mass is 16.5. The third-order valence-electron chi connectivity index (χ3n) is 5.48. The van der Waals surface area contributed by atoms with Crippen LogP contribution in [-0.4, -0.2) is 47.7 Å². The number of rotatable bonds is 5. The maximum absolute atomic E-state index is 5.30. The van der Waals surface area contributed by atoms with Crippen LogP contribution in [0.1, 0.15) is 44.2 Å². The van der Waals surface area contributed by atoms with E-state index >= 15 is 0 Å². The molecule has 0 aliphatic carbocycles. The summed E-state index contributed by atoms with van der Waals surface area (Å²) in [7, 11) is 1.66.